The topological polar surface area (TPSA) is 37.4 Å². The number of thioether (sulfide) groups is 1. The number of carbonyl (C=O) groups is 2. The van der Waals surface area contributed by atoms with Crippen molar-refractivity contribution in [1.82, 2.24) is 0 Å². The average Bonchev–Trinajstić information content (AvgIpc) is 2.65. The Morgan fingerprint density at radius 1 is 1.21 bits per heavy atom. The van der Waals surface area contributed by atoms with Gasteiger partial charge in [0.1, 0.15) is 0 Å². The molecule has 0 spiro atoms. The van der Waals surface area contributed by atoms with Gasteiger partial charge in [-0.1, -0.05) is 30.1 Å². The molecule has 1 aliphatic rings. The largest absolute Gasteiger partial charge is 0.303 e. The number of hydrogen-bond acceptors (Lipinski definition) is 3. The molecule has 1 aromatic carbocycles. The number of fused-ring (bicyclic) bond motifs is 1. The first-order valence-corrected chi connectivity index (χ1v) is 7.91. The van der Waals surface area contributed by atoms with Crippen LogP contribution in [0.3, 0.4) is 0 Å². The van der Waals surface area contributed by atoms with E-state index >= 15 is 0 Å². The van der Waals surface area contributed by atoms with Crippen molar-refractivity contribution in [3.8, 4) is 0 Å². The first-order chi connectivity index (χ1) is 9.07. The van der Waals surface area contributed by atoms with Crippen molar-refractivity contribution in [2.75, 3.05) is 23.0 Å². The molecule has 6 heteroatoms. The van der Waals surface area contributed by atoms with E-state index in [2.05, 4.69) is 6.92 Å². The Hall–Kier alpha value is -0.710. The molecule has 0 aromatic heterocycles. The molecule has 0 saturated carbocycles. The summed E-state index contributed by atoms with van der Waals surface area (Å²) in [6.07, 6.45) is 0.819. The van der Waals surface area contributed by atoms with Crippen LogP contribution in [0.15, 0.2) is 12.1 Å². The number of Topliss-reactive ketones (excluding diaryl/α,β-unsaturated/α-hetero) is 1. The van der Waals surface area contributed by atoms with Gasteiger partial charge in [0.25, 0.3) is 11.7 Å². The van der Waals surface area contributed by atoms with Crippen LogP contribution in [0.2, 0.25) is 10.0 Å². The van der Waals surface area contributed by atoms with Crippen LogP contribution in [0.5, 0.6) is 0 Å². The van der Waals surface area contributed by atoms with Gasteiger partial charge in [0.05, 0.1) is 21.3 Å². The first kappa shape index (κ1) is 14.7. The van der Waals surface area contributed by atoms with E-state index in [1.807, 2.05) is 0 Å². The van der Waals surface area contributed by atoms with Crippen molar-refractivity contribution in [3.63, 3.8) is 0 Å². The summed E-state index contributed by atoms with van der Waals surface area (Å²) in [4.78, 5) is 25.4. The predicted octanol–water partition coefficient (Wildman–Crippen LogP) is 3.67. The summed E-state index contributed by atoms with van der Waals surface area (Å²) < 4.78 is 0. The van der Waals surface area contributed by atoms with Gasteiger partial charge in [-0.15, -0.1) is 0 Å². The van der Waals surface area contributed by atoms with Crippen LogP contribution in [-0.2, 0) is 4.79 Å². The van der Waals surface area contributed by atoms with Gasteiger partial charge in [0.15, 0.2) is 0 Å². The Morgan fingerprint density at radius 3 is 2.58 bits per heavy atom. The summed E-state index contributed by atoms with van der Waals surface area (Å²) in [5, 5.41) is 0.671. The van der Waals surface area contributed by atoms with Gasteiger partial charge in [-0.3, -0.25) is 9.59 Å². The molecule has 3 nitrogen and oxygen atoms in total. The van der Waals surface area contributed by atoms with Gasteiger partial charge in [-0.2, -0.15) is 11.8 Å². The minimum atomic E-state index is -0.564. The normalized spacial score (nSPS) is 14.2. The van der Waals surface area contributed by atoms with E-state index in [1.165, 1.54) is 4.90 Å². The van der Waals surface area contributed by atoms with E-state index in [4.69, 9.17) is 23.2 Å². The SMILES string of the molecule is CCSCCCN1C(=O)C(=O)c2c(Cl)ccc(Cl)c21. The quantitative estimate of drug-likeness (QED) is 0.614. The van der Waals surface area contributed by atoms with Gasteiger partial charge in [-0.25, -0.2) is 0 Å². The van der Waals surface area contributed by atoms with Crippen molar-refractivity contribution >= 4 is 52.3 Å². The van der Waals surface area contributed by atoms with Crippen LogP contribution in [0, 0.1) is 0 Å². The van der Waals surface area contributed by atoms with Gasteiger partial charge < -0.3 is 4.90 Å². The van der Waals surface area contributed by atoms with E-state index in [1.54, 1.807) is 23.9 Å². The molecule has 19 heavy (non-hydrogen) atoms. The van der Waals surface area contributed by atoms with E-state index < -0.39 is 11.7 Å². The molecule has 0 N–H and O–H groups in total. The highest BCUT2D eigenvalue weighted by molar-refractivity contribution is 7.99. The zero-order chi connectivity index (χ0) is 14.0. The molecule has 1 aromatic rings. The number of benzene rings is 1. The Kier molecular flexibility index (Phi) is 4.76. The number of halogens is 2. The van der Waals surface area contributed by atoms with Crippen LogP contribution in [-0.4, -0.2) is 29.7 Å². The Labute approximate surface area is 126 Å². The maximum absolute atomic E-state index is 12.0. The van der Waals surface area contributed by atoms with E-state index in [0.29, 0.717) is 17.3 Å². The molecule has 0 bridgehead atoms. The standard InChI is InChI=1S/C13H13Cl2NO2S/c1-2-19-7-3-6-16-11-9(15)5-4-8(14)10(11)12(17)13(16)18/h4-5H,2-3,6-7H2,1H3. The van der Waals surface area contributed by atoms with E-state index in [-0.39, 0.29) is 10.6 Å². The smallest absolute Gasteiger partial charge is 0.299 e. The summed E-state index contributed by atoms with van der Waals surface area (Å²) in [6, 6.07) is 3.16. The van der Waals surface area contributed by atoms with Crippen LogP contribution < -0.4 is 4.90 Å². The average molecular weight is 318 g/mol. The summed E-state index contributed by atoms with van der Waals surface area (Å²) in [7, 11) is 0. The van der Waals surface area contributed by atoms with Crippen LogP contribution >= 0.6 is 35.0 Å². The summed E-state index contributed by atoms with van der Waals surface area (Å²) in [5.41, 5.74) is 0.702. The van der Waals surface area contributed by atoms with Gasteiger partial charge in [0, 0.05) is 6.54 Å². The highest BCUT2D eigenvalue weighted by atomic mass is 35.5. The first-order valence-electron chi connectivity index (χ1n) is 5.99. The summed E-state index contributed by atoms with van der Waals surface area (Å²) in [6.45, 7) is 2.58. The molecule has 102 valence electrons. The minimum absolute atomic E-state index is 0.238. The third-order valence-electron chi connectivity index (χ3n) is 2.89. The van der Waals surface area contributed by atoms with Crippen molar-refractivity contribution in [2.45, 2.75) is 13.3 Å². The highest BCUT2D eigenvalue weighted by Gasteiger charge is 2.38. The minimum Gasteiger partial charge on any atom is -0.303 e. The number of carbonyl (C=O) groups excluding carboxylic acids is 2. The van der Waals surface area contributed by atoms with Crippen molar-refractivity contribution in [2.24, 2.45) is 0 Å². The molecule has 1 amide bonds. The van der Waals surface area contributed by atoms with Crippen molar-refractivity contribution in [3.05, 3.63) is 27.7 Å². The highest BCUT2D eigenvalue weighted by Crippen LogP contribution is 2.39. The molecule has 0 atom stereocenters. The maximum atomic E-state index is 12.0. The zero-order valence-corrected chi connectivity index (χ0v) is 12.7. The number of ketones is 1. The Morgan fingerprint density at radius 2 is 1.89 bits per heavy atom. The molecule has 0 saturated heterocycles. The van der Waals surface area contributed by atoms with Crippen LogP contribution in [0.4, 0.5) is 5.69 Å². The molecular weight excluding hydrogens is 305 g/mol. The maximum Gasteiger partial charge on any atom is 0.299 e. The fraction of sp³-hybridized carbons (Fsp3) is 0.385. The molecule has 1 aliphatic heterocycles. The lowest BCUT2D eigenvalue weighted by atomic mass is 10.1. The van der Waals surface area contributed by atoms with Gasteiger partial charge in [0.2, 0.25) is 0 Å². The number of amides is 1. The molecule has 0 aliphatic carbocycles. The lowest BCUT2D eigenvalue weighted by Gasteiger charge is -2.17. The van der Waals surface area contributed by atoms with Gasteiger partial charge in [-0.05, 0) is 30.1 Å². The molecular formula is C13H13Cl2NO2S. The summed E-state index contributed by atoms with van der Waals surface area (Å²) >= 11 is 13.9. The number of hydrogen-bond donors (Lipinski definition) is 0. The number of nitrogens with zero attached hydrogens (tertiary/aromatic N) is 1. The fourth-order valence-electron chi connectivity index (χ4n) is 2.03. The number of rotatable bonds is 5. The molecule has 0 fully saturated rings. The van der Waals surface area contributed by atoms with Crippen molar-refractivity contribution < 1.29 is 9.59 Å². The van der Waals surface area contributed by atoms with E-state index in [9.17, 15) is 9.59 Å². The van der Waals surface area contributed by atoms with Gasteiger partial charge >= 0.3 is 0 Å². The second-order valence-corrected chi connectivity index (χ2v) is 6.30. The third-order valence-corrected chi connectivity index (χ3v) is 4.49. The molecule has 1 heterocycles. The van der Waals surface area contributed by atoms with E-state index in [0.717, 1.165) is 17.9 Å². The molecule has 2 rings (SSSR count). The van der Waals surface area contributed by atoms with Crippen molar-refractivity contribution in [1.29, 1.82) is 0 Å². The van der Waals surface area contributed by atoms with Crippen LogP contribution in [0.1, 0.15) is 23.7 Å². The fourth-order valence-corrected chi connectivity index (χ4v) is 3.15. The lowest BCUT2D eigenvalue weighted by Crippen LogP contribution is -2.31. The lowest BCUT2D eigenvalue weighted by molar-refractivity contribution is -0.114. The monoisotopic (exact) mass is 317 g/mol. The second kappa shape index (κ2) is 6.16. The third kappa shape index (κ3) is 2.76. The Bertz CT molecular complexity index is 534. The van der Waals surface area contributed by atoms with Crippen LogP contribution in [0.25, 0.3) is 0 Å². The number of anilines is 1. The summed E-state index contributed by atoms with van der Waals surface area (Å²) in [5.74, 6) is 0.884. The molecule has 0 unspecified atom stereocenters. The zero-order valence-electron chi connectivity index (χ0n) is 10.4. The Balaban J connectivity index is 2.26. The predicted molar refractivity (Wildman–Crippen MR) is 80.8 cm³/mol. The molecule has 0 radical (unpaired) electrons. The second-order valence-electron chi connectivity index (χ2n) is 4.09.